The topological polar surface area (TPSA) is 105 Å². The van der Waals surface area contributed by atoms with Gasteiger partial charge in [0.15, 0.2) is 5.82 Å². The van der Waals surface area contributed by atoms with Gasteiger partial charge in [0, 0.05) is 31.7 Å². The second-order valence-corrected chi connectivity index (χ2v) is 8.42. The van der Waals surface area contributed by atoms with Crippen LogP contribution >= 0.6 is 0 Å². The second kappa shape index (κ2) is 10.5. The van der Waals surface area contributed by atoms with E-state index in [1.54, 1.807) is 49.4 Å². The Morgan fingerprint density at radius 2 is 1.97 bits per heavy atom. The Labute approximate surface area is 214 Å². The van der Waals surface area contributed by atoms with Gasteiger partial charge in [-0.25, -0.2) is 14.4 Å². The van der Waals surface area contributed by atoms with Gasteiger partial charge < -0.3 is 19.4 Å². The summed E-state index contributed by atoms with van der Waals surface area (Å²) in [6.45, 7) is 3.49. The molecule has 0 aliphatic rings. The molecule has 2 heterocycles. The molecule has 0 unspecified atom stereocenters. The van der Waals surface area contributed by atoms with Crippen molar-refractivity contribution < 1.29 is 18.7 Å². The van der Waals surface area contributed by atoms with E-state index in [1.807, 2.05) is 26.1 Å². The molecule has 1 amide bonds. The lowest BCUT2D eigenvalue weighted by molar-refractivity contribution is -0.116. The number of rotatable bonds is 8. The number of nitriles is 1. The van der Waals surface area contributed by atoms with Gasteiger partial charge in [-0.1, -0.05) is 6.92 Å². The van der Waals surface area contributed by atoms with E-state index in [4.69, 9.17) is 14.5 Å². The number of pyridine rings is 1. The zero-order valence-corrected chi connectivity index (χ0v) is 21.3. The molecule has 0 radical (unpaired) electrons. The Hall–Kier alpha value is -4.65. The van der Waals surface area contributed by atoms with Gasteiger partial charge in [0.2, 0.25) is 5.91 Å². The summed E-state index contributed by atoms with van der Waals surface area (Å²) >= 11 is 0. The van der Waals surface area contributed by atoms with Gasteiger partial charge in [-0.05, 0) is 36.2 Å². The lowest BCUT2D eigenvalue weighted by atomic mass is 10.1. The monoisotopic (exact) mass is 502 g/mol. The summed E-state index contributed by atoms with van der Waals surface area (Å²) in [7, 11) is 4.94. The number of amides is 1. The summed E-state index contributed by atoms with van der Waals surface area (Å²) in [4.78, 5) is 23.6. The highest BCUT2D eigenvalue weighted by Crippen LogP contribution is 2.33. The van der Waals surface area contributed by atoms with Crippen molar-refractivity contribution in [2.45, 2.75) is 26.8 Å². The van der Waals surface area contributed by atoms with E-state index in [1.165, 1.54) is 17.9 Å². The highest BCUT2D eigenvalue weighted by Gasteiger charge is 2.23. The largest absolute Gasteiger partial charge is 0.497 e. The molecule has 0 bridgehead atoms. The summed E-state index contributed by atoms with van der Waals surface area (Å²) < 4.78 is 27.6. The first-order chi connectivity index (χ1) is 17.8. The molecule has 2 aromatic heterocycles. The molecule has 0 fully saturated rings. The summed E-state index contributed by atoms with van der Waals surface area (Å²) in [5.41, 5.74) is 3.07. The molecule has 4 rings (SSSR count). The van der Waals surface area contributed by atoms with Gasteiger partial charge >= 0.3 is 0 Å². The van der Waals surface area contributed by atoms with E-state index in [0.717, 1.165) is 5.56 Å². The van der Waals surface area contributed by atoms with Crippen LogP contribution in [0.2, 0.25) is 0 Å². The fourth-order valence-electron chi connectivity index (χ4n) is 4.13. The molecule has 4 aromatic rings. The van der Waals surface area contributed by atoms with E-state index >= 15 is 0 Å². The quantitative estimate of drug-likeness (QED) is 0.367. The summed E-state index contributed by atoms with van der Waals surface area (Å²) in [6, 6.07) is 11.9. The molecule has 0 aliphatic heterocycles. The first-order valence-electron chi connectivity index (χ1n) is 11.6. The number of hydrogen-bond acceptors (Lipinski definition) is 7. The minimum Gasteiger partial charge on any atom is -0.497 e. The number of carbonyl (C=O) groups excluding carboxylic acids is 1. The molecule has 190 valence electrons. The molecule has 10 heteroatoms. The fourth-order valence-corrected chi connectivity index (χ4v) is 4.13. The molecule has 9 nitrogen and oxygen atoms in total. The van der Waals surface area contributed by atoms with E-state index < -0.39 is 5.82 Å². The molecule has 0 saturated heterocycles. The van der Waals surface area contributed by atoms with Crippen LogP contribution < -0.4 is 19.7 Å². The predicted octanol–water partition coefficient (Wildman–Crippen LogP) is 4.86. The van der Waals surface area contributed by atoms with Crippen molar-refractivity contribution in [3.8, 4) is 17.6 Å². The van der Waals surface area contributed by atoms with Crippen molar-refractivity contribution in [2.24, 2.45) is 7.05 Å². The Balaban J connectivity index is 1.83. The first kappa shape index (κ1) is 25.4. The Bertz CT molecular complexity index is 1530. The van der Waals surface area contributed by atoms with Crippen LogP contribution in [0.15, 0.2) is 42.7 Å². The van der Waals surface area contributed by atoms with Crippen LogP contribution in [0.5, 0.6) is 11.5 Å². The van der Waals surface area contributed by atoms with Gasteiger partial charge in [0.05, 0.1) is 49.9 Å². The molecule has 0 saturated carbocycles. The van der Waals surface area contributed by atoms with Gasteiger partial charge in [-0.3, -0.25) is 9.69 Å². The SMILES string of the molecule is CCc1cc(C#N)cc(F)c1Nc1cc2c(ncn2C)c(N(Cc2ccc(OC)cc2OC)C(C)=O)n1. The normalized spacial score (nSPS) is 10.7. The summed E-state index contributed by atoms with van der Waals surface area (Å²) in [5, 5.41) is 12.3. The van der Waals surface area contributed by atoms with E-state index in [9.17, 15) is 14.4 Å². The van der Waals surface area contributed by atoms with Gasteiger partial charge in [-0.15, -0.1) is 0 Å². The highest BCUT2D eigenvalue weighted by atomic mass is 19.1. The van der Waals surface area contributed by atoms with Crippen LogP contribution in [0.4, 0.5) is 21.7 Å². The Morgan fingerprint density at radius 1 is 1.19 bits per heavy atom. The van der Waals surface area contributed by atoms with Crippen molar-refractivity contribution in [3.63, 3.8) is 0 Å². The zero-order chi connectivity index (χ0) is 26.7. The predicted molar refractivity (Wildman–Crippen MR) is 139 cm³/mol. The average Bonchev–Trinajstić information content (AvgIpc) is 3.28. The van der Waals surface area contributed by atoms with Crippen molar-refractivity contribution in [3.05, 3.63) is 65.2 Å². The van der Waals surface area contributed by atoms with Gasteiger partial charge in [0.1, 0.15) is 28.7 Å². The van der Waals surface area contributed by atoms with Crippen LogP contribution in [0.3, 0.4) is 0 Å². The molecule has 37 heavy (non-hydrogen) atoms. The Kier molecular flexibility index (Phi) is 7.25. The van der Waals surface area contributed by atoms with E-state index in [2.05, 4.69) is 10.3 Å². The van der Waals surface area contributed by atoms with Crippen LogP contribution in [0.1, 0.15) is 30.5 Å². The smallest absolute Gasteiger partial charge is 0.225 e. The van der Waals surface area contributed by atoms with Gasteiger partial charge in [-0.2, -0.15) is 5.26 Å². The number of ether oxygens (including phenoxy) is 2. The first-order valence-corrected chi connectivity index (χ1v) is 11.6. The number of hydrogen-bond donors (Lipinski definition) is 1. The minimum atomic E-state index is -0.559. The number of methoxy groups -OCH3 is 2. The maximum absolute atomic E-state index is 15.0. The fraction of sp³-hybridized carbons (Fsp3) is 0.259. The lowest BCUT2D eigenvalue weighted by Gasteiger charge is -2.23. The number of benzene rings is 2. The minimum absolute atomic E-state index is 0.163. The number of aryl methyl sites for hydroxylation is 2. The maximum atomic E-state index is 15.0. The summed E-state index contributed by atoms with van der Waals surface area (Å²) in [5.74, 6) is 1.02. The third kappa shape index (κ3) is 5.02. The number of aromatic nitrogens is 3. The molecule has 0 spiro atoms. The molecular weight excluding hydrogens is 475 g/mol. The molecule has 0 aliphatic carbocycles. The van der Waals surface area contributed by atoms with Crippen LogP contribution in [-0.2, 0) is 24.8 Å². The van der Waals surface area contributed by atoms with Crippen LogP contribution in [-0.4, -0.2) is 34.7 Å². The van der Waals surface area contributed by atoms with Crippen molar-refractivity contribution >= 4 is 34.3 Å². The third-order valence-corrected chi connectivity index (χ3v) is 6.09. The van der Waals surface area contributed by atoms with Crippen molar-refractivity contribution in [1.29, 1.82) is 5.26 Å². The number of carbonyl (C=O) groups is 1. The number of nitrogens with one attached hydrogen (secondary N) is 1. The number of nitrogens with zero attached hydrogens (tertiary/aromatic N) is 5. The lowest BCUT2D eigenvalue weighted by Crippen LogP contribution is -2.29. The van der Waals surface area contributed by atoms with Crippen LogP contribution in [0, 0.1) is 17.1 Å². The molecular formula is C27H27FN6O3. The number of imidazole rings is 1. The number of fused-ring (bicyclic) bond motifs is 1. The number of halogens is 1. The van der Waals surface area contributed by atoms with E-state index in [0.29, 0.717) is 46.2 Å². The van der Waals surface area contributed by atoms with Crippen molar-refractivity contribution in [1.82, 2.24) is 14.5 Å². The molecule has 2 aromatic carbocycles. The third-order valence-electron chi connectivity index (χ3n) is 6.09. The van der Waals surface area contributed by atoms with Crippen molar-refractivity contribution in [2.75, 3.05) is 24.4 Å². The van der Waals surface area contributed by atoms with Gasteiger partial charge in [0.25, 0.3) is 0 Å². The Morgan fingerprint density at radius 3 is 2.62 bits per heavy atom. The van der Waals surface area contributed by atoms with E-state index in [-0.39, 0.29) is 23.7 Å². The average molecular weight is 503 g/mol. The molecule has 0 atom stereocenters. The second-order valence-electron chi connectivity index (χ2n) is 8.42. The maximum Gasteiger partial charge on any atom is 0.225 e. The highest BCUT2D eigenvalue weighted by molar-refractivity contribution is 6.00. The number of anilines is 3. The standard InChI is InChI=1S/C27H27FN6O3/c1-6-18-9-17(13-29)10-21(28)25(18)31-24-12-22-26(30-15-33(22)3)27(32-24)34(16(2)35)14-19-7-8-20(36-4)11-23(19)37-5/h7-12,15H,6,14H2,1-5H3,(H,31,32). The van der Waals surface area contributed by atoms with Crippen LogP contribution in [0.25, 0.3) is 11.0 Å². The summed E-state index contributed by atoms with van der Waals surface area (Å²) in [6.07, 6.45) is 2.14. The molecule has 1 N–H and O–H groups in total. The zero-order valence-electron chi connectivity index (χ0n) is 21.3.